The number of nitroso groups, excluding NO2 is 1. The topological polar surface area (TPSA) is 82.4 Å². The van der Waals surface area contributed by atoms with Crippen LogP contribution in [0.4, 0.5) is 11.4 Å². The number of fused-ring (bicyclic) bond motifs is 3. The van der Waals surface area contributed by atoms with E-state index in [2.05, 4.69) is 5.18 Å². The Hall–Kier alpha value is -2.93. The average molecular weight is 353 g/mol. The maximum Gasteiger partial charge on any atom is 0.256 e. The van der Waals surface area contributed by atoms with Crippen LogP contribution in [0.5, 0.6) is 5.75 Å². The van der Waals surface area contributed by atoms with E-state index in [0.29, 0.717) is 24.2 Å². The largest absolute Gasteiger partial charge is 0.494 e. The number of ether oxygens (including phenoxy) is 1. The molecule has 2 heterocycles. The Bertz CT molecular complexity index is 898. The molecule has 26 heavy (non-hydrogen) atoms. The molecule has 0 aromatic heterocycles. The first-order valence-corrected chi connectivity index (χ1v) is 8.39. The average Bonchev–Trinajstić information content (AvgIpc) is 2.75. The maximum absolute atomic E-state index is 13.3. The molecule has 2 aromatic rings. The second-order valence-corrected chi connectivity index (χ2v) is 6.63. The molecule has 2 unspecified atom stereocenters. The third-order valence-corrected chi connectivity index (χ3v) is 5.30. The van der Waals surface area contributed by atoms with E-state index in [0.717, 1.165) is 11.1 Å². The highest BCUT2D eigenvalue weighted by Gasteiger charge is 2.41. The van der Waals surface area contributed by atoms with Gasteiger partial charge in [-0.3, -0.25) is 4.79 Å². The van der Waals surface area contributed by atoms with E-state index in [1.807, 2.05) is 24.3 Å². The summed E-state index contributed by atoms with van der Waals surface area (Å²) in [7, 11) is 3.14. The highest BCUT2D eigenvalue weighted by molar-refractivity contribution is 6.02. The normalized spacial score (nSPS) is 21.4. The molecule has 0 saturated carbocycles. The van der Waals surface area contributed by atoms with Crippen LogP contribution in [0, 0.1) is 4.91 Å². The molecular formula is C19H19N3O4. The first-order chi connectivity index (χ1) is 12.5. The van der Waals surface area contributed by atoms with Crippen molar-refractivity contribution in [1.29, 1.82) is 0 Å². The Labute approximate surface area is 150 Å². The van der Waals surface area contributed by atoms with Crippen molar-refractivity contribution in [3.63, 3.8) is 0 Å². The number of nitrogens with zero attached hydrogens (tertiary/aromatic N) is 3. The molecule has 1 N–H and O–H groups in total. The van der Waals surface area contributed by atoms with E-state index in [9.17, 15) is 14.8 Å². The fourth-order valence-corrected chi connectivity index (χ4v) is 3.85. The zero-order valence-corrected chi connectivity index (χ0v) is 14.5. The number of aliphatic hydroxyl groups is 1. The lowest BCUT2D eigenvalue weighted by atomic mass is 9.93. The van der Waals surface area contributed by atoms with Crippen LogP contribution < -0.4 is 9.64 Å². The van der Waals surface area contributed by atoms with Crippen LogP contribution >= 0.6 is 0 Å². The summed E-state index contributed by atoms with van der Waals surface area (Å²) in [6, 6.07) is 10.6. The van der Waals surface area contributed by atoms with Crippen LogP contribution in [-0.4, -0.2) is 42.3 Å². The van der Waals surface area contributed by atoms with E-state index in [-0.39, 0.29) is 23.4 Å². The van der Waals surface area contributed by atoms with Gasteiger partial charge in [0, 0.05) is 13.6 Å². The molecule has 4 rings (SSSR count). The molecule has 7 heteroatoms. The summed E-state index contributed by atoms with van der Waals surface area (Å²) in [4.78, 5) is 27.7. The number of carbonyl (C=O) groups is 1. The number of rotatable bonds is 2. The number of aliphatic hydroxyl groups excluding tert-OH is 1. The van der Waals surface area contributed by atoms with E-state index in [4.69, 9.17) is 4.74 Å². The first kappa shape index (κ1) is 16.5. The SMILES string of the molecule is COc1cc2c(cc1N=O)N(C)C(O)C1Cc3ccccc3CN1C2=O. The number of carbonyl (C=O) groups excluding carboxylic acids is 1. The third-order valence-electron chi connectivity index (χ3n) is 5.30. The van der Waals surface area contributed by atoms with Crippen LogP contribution in [0.3, 0.4) is 0 Å². The summed E-state index contributed by atoms with van der Waals surface area (Å²) >= 11 is 0. The van der Waals surface area contributed by atoms with Crippen molar-refractivity contribution in [3.8, 4) is 5.75 Å². The molecule has 2 aliphatic rings. The van der Waals surface area contributed by atoms with Gasteiger partial charge in [-0.1, -0.05) is 24.3 Å². The molecule has 7 nitrogen and oxygen atoms in total. The van der Waals surface area contributed by atoms with Gasteiger partial charge >= 0.3 is 0 Å². The lowest BCUT2D eigenvalue weighted by Crippen LogP contribution is -2.53. The van der Waals surface area contributed by atoms with Crippen molar-refractivity contribution in [2.24, 2.45) is 5.18 Å². The van der Waals surface area contributed by atoms with Gasteiger partial charge in [-0.05, 0) is 34.9 Å². The minimum Gasteiger partial charge on any atom is -0.494 e. The molecule has 134 valence electrons. The summed E-state index contributed by atoms with van der Waals surface area (Å²) < 4.78 is 5.20. The molecule has 0 radical (unpaired) electrons. The van der Waals surface area contributed by atoms with E-state index in [1.165, 1.54) is 19.2 Å². The maximum atomic E-state index is 13.3. The fraction of sp³-hybridized carbons (Fsp3) is 0.316. The minimum absolute atomic E-state index is 0.0984. The van der Waals surface area contributed by atoms with Crippen LogP contribution in [0.1, 0.15) is 21.5 Å². The van der Waals surface area contributed by atoms with Gasteiger partial charge in [0.25, 0.3) is 5.91 Å². The Kier molecular flexibility index (Phi) is 3.88. The number of anilines is 1. The monoisotopic (exact) mass is 353 g/mol. The Balaban J connectivity index is 1.86. The molecular weight excluding hydrogens is 334 g/mol. The fourth-order valence-electron chi connectivity index (χ4n) is 3.85. The summed E-state index contributed by atoms with van der Waals surface area (Å²) in [5.41, 5.74) is 3.16. The van der Waals surface area contributed by atoms with Gasteiger partial charge in [0.1, 0.15) is 12.0 Å². The summed E-state index contributed by atoms with van der Waals surface area (Å²) in [6.45, 7) is 0.431. The highest BCUT2D eigenvalue weighted by Crippen LogP contribution is 2.40. The molecule has 2 aromatic carbocycles. The first-order valence-electron chi connectivity index (χ1n) is 8.39. The Morgan fingerprint density at radius 2 is 1.96 bits per heavy atom. The van der Waals surface area contributed by atoms with Crippen molar-refractivity contribution in [2.75, 3.05) is 19.1 Å². The molecule has 0 spiro atoms. The highest BCUT2D eigenvalue weighted by atomic mass is 16.5. The van der Waals surface area contributed by atoms with Crippen LogP contribution in [-0.2, 0) is 13.0 Å². The zero-order valence-electron chi connectivity index (χ0n) is 14.5. The van der Waals surface area contributed by atoms with Crippen molar-refractivity contribution in [1.82, 2.24) is 4.90 Å². The molecule has 0 fully saturated rings. The second kappa shape index (κ2) is 6.10. The van der Waals surface area contributed by atoms with Gasteiger partial charge in [-0.15, -0.1) is 4.91 Å². The van der Waals surface area contributed by atoms with Crippen molar-refractivity contribution in [2.45, 2.75) is 25.2 Å². The zero-order chi connectivity index (χ0) is 18.4. The number of hydrogen-bond donors (Lipinski definition) is 1. The summed E-state index contributed by atoms with van der Waals surface area (Å²) in [6.07, 6.45) is -0.335. The van der Waals surface area contributed by atoms with Gasteiger partial charge in [0.15, 0.2) is 5.69 Å². The molecule has 1 amide bonds. The molecule has 0 aliphatic carbocycles. The lowest BCUT2D eigenvalue weighted by molar-refractivity contribution is 0.0326. The molecule has 2 aliphatic heterocycles. The quantitative estimate of drug-likeness (QED) is 0.839. The van der Waals surface area contributed by atoms with Crippen LogP contribution in [0.25, 0.3) is 0 Å². The number of methoxy groups -OCH3 is 1. The molecule has 0 bridgehead atoms. The van der Waals surface area contributed by atoms with Crippen molar-refractivity contribution < 1.29 is 14.6 Å². The van der Waals surface area contributed by atoms with Gasteiger partial charge < -0.3 is 19.6 Å². The smallest absolute Gasteiger partial charge is 0.256 e. The minimum atomic E-state index is -0.901. The Morgan fingerprint density at radius 1 is 1.23 bits per heavy atom. The molecule has 2 atom stereocenters. The molecule has 0 saturated heterocycles. The third kappa shape index (κ3) is 2.35. The van der Waals surface area contributed by atoms with E-state index in [1.54, 1.807) is 16.8 Å². The van der Waals surface area contributed by atoms with Crippen LogP contribution in [0.2, 0.25) is 0 Å². The van der Waals surface area contributed by atoms with E-state index >= 15 is 0 Å². The van der Waals surface area contributed by atoms with Crippen LogP contribution in [0.15, 0.2) is 41.6 Å². The lowest BCUT2D eigenvalue weighted by Gasteiger charge is -2.39. The van der Waals surface area contributed by atoms with Gasteiger partial charge in [0.05, 0.1) is 24.4 Å². The summed E-state index contributed by atoms with van der Waals surface area (Å²) in [5, 5.41) is 13.9. The van der Waals surface area contributed by atoms with Gasteiger partial charge in [0.2, 0.25) is 0 Å². The predicted molar refractivity (Wildman–Crippen MR) is 96.7 cm³/mol. The van der Waals surface area contributed by atoms with Crippen molar-refractivity contribution >= 4 is 17.3 Å². The van der Waals surface area contributed by atoms with E-state index < -0.39 is 6.23 Å². The second-order valence-electron chi connectivity index (χ2n) is 6.63. The van der Waals surface area contributed by atoms with Gasteiger partial charge in [-0.2, -0.15) is 0 Å². The Morgan fingerprint density at radius 3 is 2.65 bits per heavy atom. The van der Waals surface area contributed by atoms with Gasteiger partial charge in [-0.25, -0.2) is 0 Å². The number of hydrogen-bond acceptors (Lipinski definition) is 6. The summed E-state index contributed by atoms with van der Waals surface area (Å²) in [5.74, 6) is 0.0458. The number of amides is 1. The predicted octanol–water partition coefficient (Wildman–Crippen LogP) is 2.43. The van der Waals surface area contributed by atoms with Crippen molar-refractivity contribution in [3.05, 3.63) is 58.0 Å². The standard InChI is InChI=1S/C19H19N3O4/c1-21-15-9-14(20-25)17(26-2)8-13(15)18(23)22-10-12-6-4-3-5-11(12)7-16(22)19(21)24/h3-6,8-9,16,19,24H,7,10H2,1-2H3. The number of benzene rings is 2. The number of likely N-dealkylation sites (N-methyl/N-ethyl adjacent to an activating group) is 1.